The van der Waals surface area contributed by atoms with Crippen LogP contribution >= 0.6 is 15.9 Å². The standard InChI is InChI=1S/C18H19BrO2/c19-17-15-13-11-9-7-5-3-1-2-4-6-8-10-12-14-16-18(20)21/h1-2,15,17H,3,5,7,9,12,14,16H2,(H,20,21)/b2-1-,17-15-. The van der Waals surface area contributed by atoms with Crippen molar-refractivity contribution in [1.29, 1.82) is 0 Å². The van der Waals surface area contributed by atoms with Crippen LogP contribution in [-0.2, 0) is 4.79 Å². The van der Waals surface area contributed by atoms with E-state index in [1.807, 2.05) is 12.2 Å². The van der Waals surface area contributed by atoms with Gasteiger partial charge in [0, 0.05) is 19.3 Å². The molecular formula is C18H19BrO2. The van der Waals surface area contributed by atoms with Crippen molar-refractivity contribution in [2.75, 3.05) is 0 Å². The van der Waals surface area contributed by atoms with Gasteiger partial charge in [0.15, 0.2) is 0 Å². The molecule has 0 bridgehead atoms. The molecule has 0 aromatic heterocycles. The number of carbonyl (C=O) groups is 1. The number of rotatable bonds is 7. The average Bonchev–Trinajstić information content (AvgIpc) is 2.46. The summed E-state index contributed by atoms with van der Waals surface area (Å²) in [7, 11) is 0. The highest BCUT2D eigenvalue weighted by atomic mass is 79.9. The lowest BCUT2D eigenvalue weighted by molar-refractivity contribution is -0.137. The Kier molecular flexibility index (Phi) is 14.7. The van der Waals surface area contributed by atoms with Gasteiger partial charge in [-0.15, -0.1) is 0 Å². The molecule has 0 heterocycles. The quantitative estimate of drug-likeness (QED) is 0.551. The van der Waals surface area contributed by atoms with E-state index in [2.05, 4.69) is 51.5 Å². The molecule has 1 N–H and O–H groups in total. The monoisotopic (exact) mass is 346 g/mol. The molecule has 0 radical (unpaired) electrons. The minimum absolute atomic E-state index is 0.165. The van der Waals surface area contributed by atoms with E-state index in [4.69, 9.17) is 5.11 Å². The molecule has 0 atom stereocenters. The van der Waals surface area contributed by atoms with Crippen LogP contribution in [0.25, 0.3) is 0 Å². The summed E-state index contributed by atoms with van der Waals surface area (Å²) in [6, 6.07) is 0. The molecule has 0 spiro atoms. The fourth-order valence-corrected chi connectivity index (χ4v) is 1.43. The van der Waals surface area contributed by atoms with E-state index < -0.39 is 5.97 Å². The van der Waals surface area contributed by atoms with E-state index >= 15 is 0 Å². The first-order valence-electron chi connectivity index (χ1n) is 6.86. The zero-order valence-electron chi connectivity index (χ0n) is 12.0. The Morgan fingerprint density at radius 1 is 1.00 bits per heavy atom. The fourth-order valence-electron chi connectivity index (χ4n) is 1.29. The molecule has 0 rings (SSSR count). The number of unbranched alkanes of at least 4 members (excludes halogenated alkanes) is 4. The summed E-state index contributed by atoms with van der Waals surface area (Å²) in [5, 5.41) is 8.43. The van der Waals surface area contributed by atoms with E-state index in [1.54, 1.807) is 11.1 Å². The molecule has 0 fully saturated rings. The summed E-state index contributed by atoms with van der Waals surface area (Å²) in [5.74, 6) is 16.3. The van der Waals surface area contributed by atoms with E-state index in [0.717, 1.165) is 25.7 Å². The Bertz CT molecular complexity index is 525. The lowest BCUT2D eigenvalue weighted by atomic mass is 10.2. The van der Waals surface area contributed by atoms with Crippen LogP contribution in [0.3, 0.4) is 0 Å². The Hall–Kier alpha value is -1.89. The highest BCUT2D eigenvalue weighted by Crippen LogP contribution is 1.99. The van der Waals surface area contributed by atoms with E-state index in [0.29, 0.717) is 12.8 Å². The zero-order chi connectivity index (χ0) is 15.6. The number of allylic oxidation sites excluding steroid dienone is 3. The van der Waals surface area contributed by atoms with Crippen LogP contribution in [0.15, 0.2) is 23.2 Å². The predicted octanol–water partition coefficient (Wildman–Crippen LogP) is 4.28. The van der Waals surface area contributed by atoms with Crippen molar-refractivity contribution in [2.45, 2.75) is 44.9 Å². The smallest absolute Gasteiger partial charge is 0.303 e. The second kappa shape index (κ2) is 16.2. The van der Waals surface area contributed by atoms with Crippen molar-refractivity contribution in [1.82, 2.24) is 0 Å². The maximum absolute atomic E-state index is 10.2. The number of hydrogen-bond donors (Lipinski definition) is 1. The minimum Gasteiger partial charge on any atom is -0.481 e. The third-order valence-corrected chi connectivity index (χ3v) is 2.55. The molecule has 0 amide bonds. The van der Waals surface area contributed by atoms with Crippen molar-refractivity contribution < 1.29 is 9.90 Å². The van der Waals surface area contributed by atoms with Gasteiger partial charge in [0.2, 0.25) is 0 Å². The summed E-state index contributed by atoms with van der Waals surface area (Å²) < 4.78 is 0. The third-order valence-electron chi connectivity index (χ3n) is 2.29. The number of hydrogen-bond acceptors (Lipinski definition) is 1. The van der Waals surface area contributed by atoms with Gasteiger partial charge in [-0.2, -0.15) is 0 Å². The molecule has 0 aromatic carbocycles. The number of aliphatic carboxylic acids is 1. The zero-order valence-corrected chi connectivity index (χ0v) is 13.6. The molecule has 0 saturated heterocycles. The average molecular weight is 347 g/mol. The van der Waals surface area contributed by atoms with Crippen LogP contribution in [0.2, 0.25) is 0 Å². The van der Waals surface area contributed by atoms with E-state index in [1.165, 1.54) is 0 Å². The minimum atomic E-state index is -0.781. The first kappa shape index (κ1) is 19.1. The van der Waals surface area contributed by atoms with E-state index in [9.17, 15) is 4.79 Å². The number of halogens is 1. The van der Waals surface area contributed by atoms with Gasteiger partial charge in [0.1, 0.15) is 0 Å². The van der Waals surface area contributed by atoms with Gasteiger partial charge in [-0.05, 0) is 54.7 Å². The predicted molar refractivity (Wildman–Crippen MR) is 90.5 cm³/mol. The van der Waals surface area contributed by atoms with Crippen LogP contribution in [-0.4, -0.2) is 11.1 Å². The molecule has 0 aromatic rings. The van der Waals surface area contributed by atoms with Gasteiger partial charge in [-0.3, -0.25) is 4.79 Å². The van der Waals surface area contributed by atoms with Crippen molar-refractivity contribution >= 4 is 21.9 Å². The largest absolute Gasteiger partial charge is 0.481 e. The van der Waals surface area contributed by atoms with Crippen molar-refractivity contribution in [3.8, 4) is 35.5 Å². The molecule has 110 valence electrons. The van der Waals surface area contributed by atoms with Crippen LogP contribution in [0.1, 0.15) is 44.9 Å². The number of carboxylic acids is 1. The lowest BCUT2D eigenvalue weighted by Crippen LogP contribution is -1.92. The summed E-state index contributed by atoms with van der Waals surface area (Å²) in [4.78, 5) is 12.0. The first-order chi connectivity index (χ1) is 10.3. The summed E-state index contributed by atoms with van der Waals surface area (Å²) in [6.45, 7) is 0. The maximum Gasteiger partial charge on any atom is 0.303 e. The molecule has 0 saturated carbocycles. The summed E-state index contributed by atoms with van der Waals surface area (Å²) in [5.41, 5.74) is 0. The lowest BCUT2D eigenvalue weighted by Gasteiger charge is -1.89. The molecule has 3 heteroatoms. The van der Waals surface area contributed by atoms with Gasteiger partial charge in [0.25, 0.3) is 0 Å². The normalized spacial score (nSPS) is 9.38. The SMILES string of the molecule is O=C(O)CCCC#CC#C/C=C\CCCCC#C/C=C\Br. The molecule has 0 aliphatic rings. The van der Waals surface area contributed by atoms with Crippen LogP contribution in [0.5, 0.6) is 0 Å². The Labute approximate surface area is 135 Å². The van der Waals surface area contributed by atoms with Crippen molar-refractivity contribution in [3.05, 3.63) is 23.2 Å². The van der Waals surface area contributed by atoms with Gasteiger partial charge in [0.05, 0.1) is 0 Å². The Morgan fingerprint density at radius 3 is 2.57 bits per heavy atom. The Balaban J connectivity index is 3.56. The molecule has 0 unspecified atom stereocenters. The van der Waals surface area contributed by atoms with Gasteiger partial charge in [-0.25, -0.2) is 0 Å². The maximum atomic E-state index is 10.2. The molecule has 21 heavy (non-hydrogen) atoms. The van der Waals surface area contributed by atoms with Crippen LogP contribution < -0.4 is 0 Å². The molecule has 0 aliphatic carbocycles. The number of carboxylic acid groups (broad SMARTS) is 1. The first-order valence-corrected chi connectivity index (χ1v) is 7.77. The third kappa shape index (κ3) is 18.1. The van der Waals surface area contributed by atoms with E-state index in [-0.39, 0.29) is 6.42 Å². The Morgan fingerprint density at radius 2 is 1.81 bits per heavy atom. The van der Waals surface area contributed by atoms with Gasteiger partial charge >= 0.3 is 5.97 Å². The summed E-state index contributed by atoms with van der Waals surface area (Å²) >= 11 is 3.16. The molecule has 2 nitrogen and oxygen atoms in total. The fraction of sp³-hybridized carbons (Fsp3) is 0.389. The molecular weight excluding hydrogens is 328 g/mol. The van der Waals surface area contributed by atoms with Crippen molar-refractivity contribution in [2.24, 2.45) is 0 Å². The summed E-state index contributed by atoms with van der Waals surface area (Å²) in [6.07, 6.45) is 11.0. The highest BCUT2D eigenvalue weighted by molar-refractivity contribution is 9.11. The van der Waals surface area contributed by atoms with Crippen LogP contribution in [0, 0.1) is 35.5 Å². The van der Waals surface area contributed by atoms with Crippen LogP contribution in [0.4, 0.5) is 0 Å². The second-order valence-electron chi connectivity index (χ2n) is 4.08. The van der Waals surface area contributed by atoms with Crippen molar-refractivity contribution in [3.63, 3.8) is 0 Å². The second-order valence-corrected chi connectivity index (χ2v) is 4.61. The molecule has 0 aliphatic heterocycles. The van der Waals surface area contributed by atoms with Gasteiger partial charge < -0.3 is 5.11 Å². The topological polar surface area (TPSA) is 37.3 Å². The van der Waals surface area contributed by atoms with Gasteiger partial charge in [-0.1, -0.05) is 45.7 Å². The highest BCUT2D eigenvalue weighted by Gasteiger charge is 1.92.